The number of carbonyl (C=O) groups is 1. The number of fused-ring (bicyclic) bond motifs is 2. The number of oxime groups is 1. The maximum absolute atomic E-state index is 12.4. The van der Waals surface area contributed by atoms with Crippen LogP contribution in [-0.2, 0) is 22.6 Å². The van der Waals surface area contributed by atoms with E-state index in [9.17, 15) is 4.79 Å². The normalized spacial score (nSPS) is 13.6. The Morgan fingerprint density at radius 3 is 2.66 bits per heavy atom. The highest BCUT2D eigenvalue weighted by Crippen LogP contribution is 2.39. The van der Waals surface area contributed by atoms with Crippen molar-refractivity contribution in [1.82, 2.24) is 5.32 Å². The molecule has 0 aromatic heterocycles. The molecule has 164 valence electrons. The Labute approximate surface area is 191 Å². The number of rotatable bonds is 7. The van der Waals surface area contributed by atoms with Gasteiger partial charge in [-0.2, -0.15) is 0 Å². The minimum absolute atomic E-state index is 0.165. The standard InChI is InChI=1S/C25H24N2O4S/c1-29-16-26-25(28)19-9-8-18-12-22(27-31-15-17-6-4-3-5-7-17)21-11-10-20(30-2)14-24(21)32-23(18)13-19/h3-11,13-14H,12,15-16H2,1-2H3,(H,26,28). The van der Waals surface area contributed by atoms with Crippen LogP contribution in [-0.4, -0.2) is 32.6 Å². The van der Waals surface area contributed by atoms with Gasteiger partial charge in [0, 0.05) is 34.4 Å². The monoisotopic (exact) mass is 448 g/mol. The van der Waals surface area contributed by atoms with Gasteiger partial charge in [-0.05, 0) is 41.5 Å². The Bertz CT molecular complexity index is 1130. The van der Waals surface area contributed by atoms with E-state index in [2.05, 4.69) is 10.5 Å². The van der Waals surface area contributed by atoms with Crippen LogP contribution in [0.3, 0.4) is 0 Å². The van der Waals surface area contributed by atoms with E-state index in [1.165, 1.54) is 7.11 Å². The summed E-state index contributed by atoms with van der Waals surface area (Å²) in [5.41, 5.74) is 4.54. The third-order valence-electron chi connectivity index (χ3n) is 5.03. The fraction of sp³-hybridized carbons (Fsp3) is 0.200. The quantitative estimate of drug-likeness (QED) is 0.421. The number of amides is 1. The number of hydrogen-bond acceptors (Lipinski definition) is 6. The van der Waals surface area contributed by atoms with E-state index in [0.717, 1.165) is 37.9 Å². The van der Waals surface area contributed by atoms with Crippen molar-refractivity contribution in [3.05, 3.63) is 89.0 Å². The van der Waals surface area contributed by atoms with Crippen molar-refractivity contribution in [2.75, 3.05) is 21.0 Å². The Balaban J connectivity index is 1.66. The van der Waals surface area contributed by atoms with Gasteiger partial charge in [-0.15, -0.1) is 0 Å². The molecule has 1 aliphatic heterocycles. The minimum Gasteiger partial charge on any atom is -0.497 e. The second-order valence-electron chi connectivity index (χ2n) is 7.20. The summed E-state index contributed by atoms with van der Waals surface area (Å²) < 4.78 is 10.4. The Hall–Kier alpha value is -3.29. The number of hydrogen-bond donors (Lipinski definition) is 1. The molecule has 32 heavy (non-hydrogen) atoms. The smallest absolute Gasteiger partial charge is 0.253 e. The summed E-state index contributed by atoms with van der Waals surface area (Å²) in [7, 11) is 3.19. The van der Waals surface area contributed by atoms with Gasteiger partial charge in [0.1, 0.15) is 19.1 Å². The Morgan fingerprint density at radius 1 is 1.03 bits per heavy atom. The molecule has 1 heterocycles. The number of ether oxygens (including phenoxy) is 2. The van der Waals surface area contributed by atoms with Crippen LogP contribution in [0.5, 0.6) is 5.75 Å². The molecule has 3 aromatic rings. The largest absolute Gasteiger partial charge is 0.497 e. The van der Waals surface area contributed by atoms with Gasteiger partial charge in [-0.1, -0.05) is 53.3 Å². The highest BCUT2D eigenvalue weighted by molar-refractivity contribution is 7.99. The maximum atomic E-state index is 12.4. The highest BCUT2D eigenvalue weighted by Gasteiger charge is 2.22. The Kier molecular flexibility index (Phi) is 7.09. The molecule has 0 saturated carbocycles. The fourth-order valence-corrected chi connectivity index (χ4v) is 4.53. The van der Waals surface area contributed by atoms with Gasteiger partial charge in [0.25, 0.3) is 5.91 Å². The van der Waals surface area contributed by atoms with Crippen molar-refractivity contribution >= 4 is 23.4 Å². The summed E-state index contributed by atoms with van der Waals surface area (Å²) in [6, 6.07) is 21.6. The second-order valence-corrected chi connectivity index (χ2v) is 8.28. The van der Waals surface area contributed by atoms with Gasteiger partial charge in [-0.3, -0.25) is 4.79 Å². The van der Waals surface area contributed by atoms with Gasteiger partial charge >= 0.3 is 0 Å². The third-order valence-corrected chi connectivity index (χ3v) is 6.19. The topological polar surface area (TPSA) is 69.2 Å². The van der Waals surface area contributed by atoms with Crippen molar-refractivity contribution < 1.29 is 19.1 Å². The molecule has 0 radical (unpaired) electrons. The van der Waals surface area contributed by atoms with E-state index in [4.69, 9.17) is 14.3 Å². The van der Waals surface area contributed by atoms with Gasteiger partial charge in [0.2, 0.25) is 0 Å². The lowest BCUT2D eigenvalue weighted by molar-refractivity contribution is 0.0872. The number of benzene rings is 3. The molecule has 3 aromatic carbocycles. The lowest BCUT2D eigenvalue weighted by Crippen LogP contribution is -2.25. The molecule has 0 saturated heterocycles. The van der Waals surface area contributed by atoms with Crippen LogP contribution in [0.1, 0.15) is 27.0 Å². The van der Waals surface area contributed by atoms with Crippen LogP contribution in [0.15, 0.2) is 81.7 Å². The molecule has 0 spiro atoms. The molecule has 0 atom stereocenters. The van der Waals surface area contributed by atoms with Crippen molar-refractivity contribution in [3.8, 4) is 5.75 Å². The van der Waals surface area contributed by atoms with Gasteiger partial charge in [0.15, 0.2) is 0 Å². The summed E-state index contributed by atoms with van der Waals surface area (Å²) in [6.45, 7) is 0.563. The van der Waals surface area contributed by atoms with Crippen LogP contribution in [0, 0.1) is 0 Å². The molecule has 6 nitrogen and oxygen atoms in total. The summed E-state index contributed by atoms with van der Waals surface area (Å²) in [4.78, 5) is 20.1. The summed E-state index contributed by atoms with van der Waals surface area (Å²) in [5, 5.41) is 7.23. The highest BCUT2D eigenvalue weighted by atomic mass is 32.2. The Morgan fingerprint density at radius 2 is 1.88 bits per heavy atom. The lowest BCUT2D eigenvalue weighted by atomic mass is 10.0. The van der Waals surface area contributed by atoms with Crippen molar-refractivity contribution in [1.29, 1.82) is 0 Å². The first-order valence-electron chi connectivity index (χ1n) is 10.2. The van der Waals surface area contributed by atoms with Gasteiger partial charge < -0.3 is 19.6 Å². The molecule has 1 N–H and O–H groups in total. The predicted molar refractivity (Wildman–Crippen MR) is 124 cm³/mol. The molecule has 0 aliphatic carbocycles. The van der Waals surface area contributed by atoms with E-state index in [-0.39, 0.29) is 12.6 Å². The molecule has 1 aliphatic rings. The van der Waals surface area contributed by atoms with Crippen LogP contribution >= 0.6 is 11.8 Å². The number of carbonyl (C=O) groups excluding carboxylic acids is 1. The molecule has 0 unspecified atom stereocenters. The number of nitrogens with one attached hydrogen (secondary N) is 1. The first-order valence-corrected chi connectivity index (χ1v) is 11.0. The maximum Gasteiger partial charge on any atom is 0.253 e. The zero-order chi connectivity index (χ0) is 22.3. The van der Waals surface area contributed by atoms with E-state index < -0.39 is 0 Å². The van der Waals surface area contributed by atoms with Crippen LogP contribution in [0.2, 0.25) is 0 Å². The molecular formula is C25H24N2O4S. The van der Waals surface area contributed by atoms with E-state index in [0.29, 0.717) is 18.6 Å². The van der Waals surface area contributed by atoms with Gasteiger partial charge in [-0.25, -0.2) is 0 Å². The first kappa shape index (κ1) is 21.9. The van der Waals surface area contributed by atoms with E-state index in [1.54, 1.807) is 18.9 Å². The zero-order valence-electron chi connectivity index (χ0n) is 18.0. The summed E-state index contributed by atoms with van der Waals surface area (Å²) in [5.74, 6) is 0.587. The average molecular weight is 449 g/mol. The molecule has 0 fully saturated rings. The third kappa shape index (κ3) is 5.12. The SMILES string of the molecule is COCNC(=O)c1ccc2c(c1)Sc1cc(OC)ccc1C(=NOCc1ccccc1)C2. The minimum atomic E-state index is -0.176. The van der Waals surface area contributed by atoms with E-state index in [1.807, 2.05) is 66.7 Å². The second kappa shape index (κ2) is 10.3. The number of methoxy groups -OCH3 is 2. The molecule has 1 amide bonds. The van der Waals surface area contributed by atoms with Crippen LogP contribution in [0.25, 0.3) is 0 Å². The van der Waals surface area contributed by atoms with Crippen molar-refractivity contribution in [2.45, 2.75) is 22.8 Å². The average Bonchev–Trinajstić information content (AvgIpc) is 2.98. The van der Waals surface area contributed by atoms with E-state index >= 15 is 0 Å². The zero-order valence-corrected chi connectivity index (χ0v) is 18.8. The molecule has 7 heteroatoms. The van der Waals surface area contributed by atoms with Gasteiger partial charge in [0.05, 0.1) is 12.8 Å². The van der Waals surface area contributed by atoms with Crippen molar-refractivity contribution in [2.24, 2.45) is 5.16 Å². The molecular weight excluding hydrogens is 424 g/mol. The van der Waals surface area contributed by atoms with Crippen molar-refractivity contribution in [3.63, 3.8) is 0 Å². The first-order chi connectivity index (χ1) is 15.7. The molecule has 4 rings (SSSR count). The van der Waals surface area contributed by atoms with Crippen LogP contribution < -0.4 is 10.1 Å². The lowest BCUT2D eigenvalue weighted by Gasteiger charge is -2.09. The predicted octanol–water partition coefficient (Wildman–Crippen LogP) is 4.66. The summed E-state index contributed by atoms with van der Waals surface area (Å²) in [6.07, 6.45) is 0.594. The number of nitrogens with zero attached hydrogens (tertiary/aromatic N) is 1. The molecule has 0 bridgehead atoms. The van der Waals surface area contributed by atoms with Crippen LogP contribution in [0.4, 0.5) is 0 Å². The fourth-order valence-electron chi connectivity index (χ4n) is 3.36. The summed E-state index contributed by atoms with van der Waals surface area (Å²) >= 11 is 1.59.